The molecule has 0 amide bonds. The van der Waals surface area contributed by atoms with Gasteiger partial charge in [-0.15, -0.1) is 0 Å². The molecule has 10 atom stereocenters. The van der Waals surface area contributed by atoms with Crippen LogP contribution in [0.1, 0.15) is 126 Å². The van der Waals surface area contributed by atoms with Crippen molar-refractivity contribution >= 4 is 47.8 Å². The van der Waals surface area contributed by atoms with E-state index in [2.05, 4.69) is 0 Å². The predicted molar refractivity (Wildman–Crippen MR) is 232 cm³/mol. The van der Waals surface area contributed by atoms with Crippen molar-refractivity contribution in [3.63, 3.8) is 0 Å². The second-order valence-corrected chi connectivity index (χ2v) is 18.1. The fourth-order valence-corrected chi connectivity index (χ4v) is 5.47. The van der Waals surface area contributed by atoms with Crippen LogP contribution in [0, 0.1) is 47.3 Å². The summed E-state index contributed by atoms with van der Waals surface area (Å²) in [7, 11) is 0. The summed E-state index contributed by atoms with van der Waals surface area (Å²) in [5.41, 5.74) is 0. The average molecular weight is 935 g/mol. The molecule has 2 fully saturated rings. The topological polar surface area (TPSA) is 238 Å². The van der Waals surface area contributed by atoms with Gasteiger partial charge in [-0.05, 0) is 0 Å². The van der Waals surface area contributed by atoms with E-state index in [0.29, 0.717) is 0 Å². The van der Waals surface area contributed by atoms with E-state index in [1.165, 1.54) is 41.5 Å². The maximum atomic E-state index is 13.6. The summed E-state index contributed by atoms with van der Waals surface area (Å²) in [6, 6.07) is 0. The largest absolute Gasteiger partial charge is 0.463 e. The predicted octanol–water partition coefficient (Wildman–Crippen LogP) is 5.53. The third-order valence-corrected chi connectivity index (χ3v) is 9.52. The molecule has 2 saturated heterocycles. The second-order valence-electron chi connectivity index (χ2n) is 18.1. The molecule has 0 aromatic heterocycles. The van der Waals surface area contributed by atoms with Gasteiger partial charge in [0.15, 0.2) is 30.7 Å². The van der Waals surface area contributed by atoms with Crippen molar-refractivity contribution in [3.8, 4) is 0 Å². The highest BCUT2D eigenvalue weighted by Gasteiger charge is 2.59. The summed E-state index contributed by atoms with van der Waals surface area (Å²) in [5.74, 6) is -12.0. The quantitative estimate of drug-likeness (QED) is 0.108. The maximum Gasteiger partial charge on any atom is 0.310 e. The highest BCUT2D eigenvalue weighted by molar-refractivity contribution is 5.75. The first-order valence-electron chi connectivity index (χ1n) is 21.7. The number of hydrogen-bond donors (Lipinski definition) is 0. The van der Waals surface area contributed by atoms with E-state index < -0.39 is 170 Å². The third-order valence-electron chi connectivity index (χ3n) is 9.52. The molecule has 0 bridgehead atoms. The number of rotatable bonds is 20. The Morgan fingerprint density at radius 2 is 0.569 bits per heavy atom. The first-order valence-corrected chi connectivity index (χ1v) is 21.7. The molecule has 19 heteroatoms. The van der Waals surface area contributed by atoms with Gasteiger partial charge in [-0.2, -0.15) is 0 Å². The van der Waals surface area contributed by atoms with Crippen LogP contribution in [0.4, 0.5) is 0 Å². The molecule has 2 aliphatic heterocycles. The van der Waals surface area contributed by atoms with E-state index in [1.807, 2.05) is 0 Å². The van der Waals surface area contributed by atoms with Gasteiger partial charge < -0.3 is 52.1 Å². The standard InChI is InChI=1S/C44H70O19.2CH4/c1-19(2)35(45)53-17-27-29(57-37(47)21(5)6)31(58-38(48)22(7)8)33(60-40(50)24(11)12)43(55-27)62-30-28(18-54-36(46)20(3)4)56-44(63-42(52)26(15)16)34(61-41(51)25(13)14)32(30)59-39(49)23(9)10;;/h19-34,43-44H,17-18H2,1-16H3;2*1H4/t27-,28-,29+,30-,31+,32+,33-,34-,43+,44?;;/m1../s1. The van der Waals surface area contributed by atoms with Gasteiger partial charge in [0, 0.05) is 0 Å². The first-order chi connectivity index (χ1) is 29.2. The van der Waals surface area contributed by atoms with E-state index in [0.717, 1.165) is 0 Å². The van der Waals surface area contributed by atoms with Crippen LogP contribution in [0.2, 0.25) is 0 Å². The molecule has 2 heterocycles. The van der Waals surface area contributed by atoms with Crippen LogP contribution in [-0.2, 0) is 90.5 Å². The molecule has 19 nitrogen and oxygen atoms in total. The number of esters is 8. The van der Waals surface area contributed by atoms with Crippen molar-refractivity contribution < 1.29 is 90.5 Å². The molecule has 0 saturated carbocycles. The molecule has 0 aromatic carbocycles. The van der Waals surface area contributed by atoms with Crippen LogP contribution in [0.15, 0.2) is 0 Å². The van der Waals surface area contributed by atoms with E-state index in [1.54, 1.807) is 69.2 Å². The normalized spacial score (nSPS) is 25.4. The highest BCUT2D eigenvalue weighted by atomic mass is 16.8. The third kappa shape index (κ3) is 17.8. The lowest BCUT2D eigenvalue weighted by Gasteiger charge is -2.49. The van der Waals surface area contributed by atoms with Crippen molar-refractivity contribution in [2.24, 2.45) is 47.3 Å². The molecule has 2 rings (SSSR count). The van der Waals surface area contributed by atoms with Crippen molar-refractivity contribution in [2.75, 3.05) is 13.2 Å². The van der Waals surface area contributed by atoms with E-state index >= 15 is 0 Å². The van der Waals surface area contributed by atoms with Crippen molar-refractivity contribution in [1.29, 1.82) is 0 Å². The number of carbonyl (C=O) groups excluding carboxylic acids is 8. The highest BCUT2D eigenvalue weighted by Crippen LogP contribution is 2.37. The van der Waals surface area contributed by atoms with Crippen molar-refractivity contribution in [3.05, 3.63) is 0 Å². The Balaban J connectivity index is 0.0000205. The molecular formula is C46H78O19. The Kier molecular flexibility index (Phi) is 25.5. The van der Waals surface area contributed by atoms with Gasteiger partial charge in [0.2, 0.25) is 12.4 Å². The van der Waals surface area contributed by atoms with Crippen molar-refractivity contribution in [2.45, 2.75) is 187 Å². The van der Waals surface area contributed by atoms with Gasteiger partial charge in [-0.25, -0.2) is 0 Å². The zero-order valence-electron chi connectivity index (χ0n) is 39.6. The van der Waals surface area contributed by atoms with Gasteiger partial charge in [0.05, 0.1) is 47.3 Å². The fourth-order valence-electron chi connectivity index (χ4n) is 5.47. The summed E-state index contributed by atoms with van der Waals surface area (Å²) < 4.78 is 65.9. The maximum absolute atomic E-state index is 13.6. The number of ether oxygens (including phenoxy) is 11. The lowest BCUT2D eigenvalue weighted by atomic mass is 9.95. The lowest BCUT2D eigenvalue weighted by molar-refractivity contribution is -0.359. The fraction of sp³-hybridized carbons (Fsp3) is 0.826. The minimum absolute atomic E-state index is 0. The summed E-state index contributed by atoms with van der Waals surface area (Å²) in [5, 5.41) is 0. The van der Waals surface area contributed by atoms with Crippen LogP contribution >= 0.6 is 0 Å². The molecular weight excluding hydrogens is 856 g/mol. The Morgan fingerprint density at radius 3 is 0.908 bits per heavy atom. The van der Waals surface area contributed by atoms with Gasteiger partial charge in [-0.3, -0.25) is 38.4 Å². The SMILES string of the molecule is C.C.CC(C)C(=O)OC[C@H]1O[C@@H](O[C@H]2[C@H](OC(=O)C(C)C)[C@@H](OC(=O)C(C)C)C(OC(=O)C(C)C)O[C@@H]2COC(=O)C(C)C)[C@H](OC(=O)C(C)C)[C@@H](OC(=O)C(C)C)[C@H]1OC(=O)C(C)C. The van der Waals surface area contributed by atoms with E-state index in [4.69, 9.17) is 52.1 Å². The molecule has 1 unspecified atom stereocenters. The van der Waals surface area contributed by atoms with E-state index in [-0.39, 0.29) is 14.9 Å². The minimum Gasteiger partial charge on any atom is -0.463 e. The molecule has 65 heavy (non-hydrogen) atoms. The minimum atomic E-state index is -1.89. The Labute approximate surface area is 385 Å². The molecule has 2 aliphatic rings. The number of carbonyl (C=O) groups is 8. The second kappa shape index (κ2) is 27.3. The van der Waals surface area contributed by atoms with Crippen LogP contribution in [0.25, 0.3) is 0 Å². The Morgan fingerprint density at radius 1 is 0.323 bits per heavy atom. The lowest BCUT2D eigenvalue weighted by Crippen LogP contribution is -2.68. The van der Waals surface area contributed by atoms with E-state index in [9.17, 15) is 38.4 Å². The summed E-state index contributed by atoms with van der Waals surface area (Å²) in [6.07, 6.45) is -16.9. The smallest absolute Gasteiger partial charge is 0.310 e. The summed E-state index contributed by atoms with van der Waals surface area (Å²) in [6.45, 7) is 23.6. The molecule has 376 valence electrons. The summed E-state index contributed by atoms with van der Waals surface area (Å²) >= 11 is 0. The van der Waals surface area contributed by atoms with Gasteiger partial charge >= 0.3 is 47.8 Å². The Bertz CT molecular complexity index is 1580. The molecule has 0 spiro atoms. The van der Waals surface area contributed by atoms with Crippen LogP contribution < -0.4 is 0 Å². The van der Waals surface area contributed by atoms with Gasteiger partial charge in [-0.1, -0.05) is 126 Å². The van der Waals surface area contributed by atoms with Crippen LogP contribution in [0.5, 0.6) is 0 Å². The molecule has 0 aromatic rings. The van der Waals surface area contributed by atoms with Crippen LogP contribution in [-0.4, -0.2) is 122 Å². The zero-order chi connectivity index (χ0) is 48.2. The summed E-state index contributed by atoms with van der Waals surface area (Å²) in [4.78, 5) is 106. The average Bonchev–Trinajstić information content (AvgIpc) is 3.19. The van der Waals surface area contributed by atoms with Crippen molar-refractivity contribution in [1.82, 2.24) is 0 Å². The molecule has 0 radical (unpaired) electrons. The van der Waals surface area contributed by atoms with Gasteiger partial charge in [0.1, 0.15) is 31.5 Å². The molecule has 0 N–H and O–H groups in total. The van der Waals surface area contributed by atoms with Gasteiger partial charge in [0.25, 0.3) is 0 Å². The van der Waals surface area contributed by atoms with Crippen LogP contribution in [0.3, 0.4) is 0 Å². The first kappa shape index (κ1) is 60.6. The number of hydrogen-bond acceptors (Lipinski definition) is 19. The Hall–Kier alpha value is -4.36. The zero-order valence-corrected chi connectivity index (χ0v) is 39.6. The molecule has 0 aliphatic carbocycles. The monoisotopic (exact) mass is 935 g/mol.